The molecule has 1 heterocycles. The van der Waals surface area contributed by atoms with Crippen LogP contribution in [0.15, 0.2) is 24.3 Å². The number of aromatic hydroxyl groups is 1. The van der Waals surface area contributed by atoms with Crippen molar-refractivity contribution in [2.45, 2.75) is 38.3 Å². The second-order valence-corrected chi connectivity index (χ2v) is 8.05. The van der Waals surface area contributed by atoms with Gasteiger partial charge in [-0.3, -0.25) is 0 Å². The molecule has 3 N–H and O–H groups in total. The van der Waals surface area contributed by atoms with Gasteiger partial charge in [0.2, 0.25) is 0 Å². The minimum atomic E-state index is -2.98. The second-order valence-electron chi connectivity index (χ2n) is 5.82. The molecule has 1 aromatic rings. The zero-order chi connectivity index (χ0) is 16.2. The highest BCUT2D eigenvalue weighted by Crippen LogP contribution is 2.12. The number of nitrogens with one attached hydrogen (secondary N) is 2. The van der Waals surface area contributed by atoms with Gasteiger partial charge < -0.3 is 15.7 Å². The van der Waals surface area contributed by atoms with Crippen LogP contribution in [0, 0.1) is 0 Å². The van der Waals surface area contributed by atoms with Gasteiger partial charge >= 0.3 is 6.03 Å². The molecule has 22 heavy (non-hydrogen) atoms. The molecule has 1 aliphatic heterocycles. The van der Waals surface area contributed by atoms with Crippen LogP contribution in [0.2, 0.25) is 0 Å². The number of phenolic OH excluding ortho intramolecular Hbond substituents is 1. The third-order valence-electron chi connectivity index (χ3n) is 3.75. The fourth-order valence-electron chi connectivity index (χ4n) is 2.48. The Labute approximate surface area is 130 Å². The van der Waals surface area contributed by atoms with E-state index in [2.05, 4.69) is 10.6 Å². The topological polar surface area (TPSA) is 95.5 Å². The maximum Gasteiger partial charge on any atom is 0.315 e. The molecule has 2 atom stereocenters. The molecule has 0 bridgehead atoms. The Hall–Kier alpha value is -1.76. The number of phenols is 1. The lowest BCUT2D eigenvalue weighted by Crippen LogP contribution is -2.45. The predicted octanol–water partition coefficient (Wildman–Crippen LogP) is 1.20. The fourth-order valence-corrected chi connectivity index (χ4v) is 4.15. The summed E-state index contributed by atoms with van der Waals surface area (Å²) in [5.74, 6) is 0.414. The van der Waals surface area contributed by atoms with E-state index in [4.69, 9.17) is 0 Å². The molecule has 0 spiro atoms. The van der Waals surface area contributed by atoms with Crippen LogP contribution < -0.4 is 10.6 Å². The van der Waals surface area contributed by atoms with Gasteiger partial charge in [0.15, 0.2) is 9.84 Å². The van der Waals surface area contributed by atoms with E-state index in [9.17, 15) is 18.3 Å². The van der Waals surface area contributed by atoms with Gasteiger partial charge in [0.25, 0.3) is 0 Å². The summed E-state index contributed by atoms with van der Waals surface area (Å²) in [6.45, 7) is 1.91. The number of hydrogen-bond acceptors (Lipinski definition) is 4. The Morgan fingerprint density at radius 1 is 1.36 bits per heavy atom. The zero-order valence-corrected chi connectivity index (χ0v) is 13.4. The van der Waals surface area contributed by atoms with Crippen molar-refractivity contribution in [1.82, 2.24) is 10.6 Å². The molecule has 1 aliphatic rings. The van der Waals surface area contributed by atoms with Crippen LogP contribution in [-0.2, 0) is 16.3 Å². The summed E-state index contributed by atoms with van der Waals surface area (Å²) in [6, 6.07) is 6.36. The molecule has 122 valence electrons. The minimum Gasteiger partial charge on any atom is -0.508 e. The van der Waals surface area contributed by atoms with E-state index in [1.807, 2.05) is 19.1 Å². The minimum absolute atomic E-state index is 0.0215. The highest BCUT2D eigenvalue weighted by Gasteiger charge is 2.29. The maximum atomic E-state index is 11.8. The highest BCUT2D eigenvalue weighted by atomic mass is 32.2. The van der Waals surface area contributed by atoms with E-state index >= 15 is 0 Å². The van der Waals surface area contributed by atoms with E-state index in [-0.39, 0.29) is 35.4 Å². The van der Waals surface area contributed by atoms with Gasteiger partial charge in [0.05, 0.1) is 11.5 Å². The molecule has 2 unspecified atom stereocenters. The lowest BCUT2D eigenvalue weighted by molar-refractivity contribution is 0.234. The third-order valence-corrected chi connectivity index (χ3v) is 5.52. The first-order valence-corrected chi connectivity index (χ1v) is 9.21. The van der Waals surface area contributed by atoms with Gasteiger partial charge in [0.1, 0.15) is 5.75 Å². The number of aryl methyl sites for hydroxylation is 1. The zero-order valence-electron chi connectivity index (χ0n) is 12.6. The van der Waals surface area contributed by atoms with Crippen molar-refractivity contribution in [1.29, 1.82) is 0 Å². The molecule has 6 nitrogen and oxygen atoms in total. The number of rotatable bonds is 5. The Morgan fingerprint density at radius 3 is 2.64 bits per heavy atom. The van der Waals surface area contributed by atoms with E-state index in [1.54, 1.807) is 12.1 Å². The molecule has 2 rings (SSSR count). The molecule has 0 aromatic heterocycles. The average molecular weight is 326 g/mol. The molecule has 0 radical (unpaired) electrons. The molecule has 7 heteroatoms. The van der Waals surface area contributed by atoms with Gasteiger partial charge in [0, 0.05) is 12.1 Å². The number of benzene rings is 1. The average Bonchev–Trinajstić information content (AvgIpc) is 2.77. The SMILES string of the molecule is CC(CCc1ccc(O)cc1)NC(=O)NC1CCS(=O)(=O)C1. The molecule has 0 aliphatic carbocycles. The molecule has 1 aromatic carbocycles. The molecule has 1 fully saturated rings. The largest absolute Gasteiger partial charge is 0.508 e. The summed E-state index contributed by atoms with van der Waals surface area (Å²) in [5, 5.41) is 14.7. The first kappa shape index (κ1) is 16.6. The number of amides is 2. The third kappa shape index (κ3) is 5.22. The van der Waals surface area contributed by atoms with Crippen molar-refractivity contribution in [2.75, 3.05) is 11.5 Å². The van der Waals surface area contributed by atoms with E-state index < -0.39 is 9.84 Å². The van der Waals surface area contributed by atoms with Crippen molar-refractivity contribution in [3.63, 3.8) is 0 Å². The Morgan fingerprint density at radius 2 is 2.05 bits per heavy atom. The van der Waals surface area contributed by atoms with Crippen molar-refractivity contribution in [3.05, 3.63) is 29.8 Å². The van der Waals surface area contributed by atoms with Crippen molar-refractivity contribution in [2.24, 2.45) is 0 Å². The van der Waals surface area contributed by atoms with Crippen LogP contribution in [0.1, 0.15) is 25.3 Å². The van der Waals surface area contributed by atoms with Crippen molar-refractivity contribution >= 4 is 15.9 Å². The van der Waals surface area contributed by atoms with Gasteiger partial charge in [-0.2, -0.15) is 0 Å². The van der Waals surface area contributed by atoms with Crippen LogP contribution in [0.3, 0.4) is 0 Å². The van der Waals surface area contributed by atoms with Gasteiger partial charge in [-0.05, 0) is 43.9 Å². The van der Waals surface area contributed by atoms with E-state index in [0.717, 1.165) is 18.4 Å². The molecular formula is C15H22N2O4S. The summed E-state index contributed by atoms with van der Waals surface area (Å²) in [7, 11) is -2.98. The molecule has 2 amide bonds. The standard InChI is InChI=1S/C15H22N2O4S/c1-11(2-3-12-4-6-14(18)7-5-12)16-15(19)17-13-8-9-22(20,21)10-13/h4-7,11,13,18H,2-3,8-10H2,1H3,(H2,16,17,19). The quantitative estimate of drug-likeness (QED) is 0.757. The Kier molecular flexibility index (Phi) is 5.28. The van der Waals surface area contributed by atoms with Crippen LogP contribution in [0.4, 0.5) is 4.79 Å². The summed E-state index contributed by atoms with van der Waals surface area (Å²) in [5.41, 5.74) is 1.09. The van der Waals surface area contributed by atoms with E-state index in [1.165, 1.54) is 0 Å². The van der Waals surface area contributed by atoms with Gasteiger partial charge in [-0.25, -0.2) is 13.2 Å². The van der Waals surface area contributed by atoms with Crippen LogP contribution in [0.25, 0.3) is 0 Å². The summed E-state index contributed by atoms with van der Waals surface area (Å²) >= 11 is 0. The first-order chi connectivity index (χ1) is 10.3. The number of carbonyl (C=O) groups is 1. The Balaban J connectivity index is 1.71. The number of hydrogen-bond donors (Lipinski definition) is 3. The number of carbonyl (C=O) groups excluding carboxylic acids is 1. The first-order valence-electron chi connectivity index (χ1n) is 7.39. The lowest BCUT2D eigenvalue weighted by Gasteiger charge is -2.17. The van der Waals surface area contributed by atoms with Crippen LogP contribution in [-0.4, -0.2) is 43.1 Å². The monoisotopic (exact) mass is 326 g/mol. The molecular weight excluding hydrogens is 304 g/mol. The highest BCUT2D eigenvalue weighted by molar-refractivity contribution is 7.91. The smallest absolute Gasteiger partial charge is 0.315 e. The number of urea groups is 1. The number of sulfone groups is 1. The summed E-state index contributed by atoms with van der Waals surface area (Å²) in [4.78, 5) is 11.8. The van der Waals surface area contributed by atoms with Crippen molar-refractivity contribution in [3.8, 4) is 5.75 Å². The Bertz CT molecular complexity index is 613. The van der Waals surface area contributed by atoms with Crippen molar-refractivity contribution < 1.29 is 18.3 Å². The summed E-state index contributed by atoms with van der Waals surface area (Å²) < 4.78 is 22.7. The van der Waals surface area contributed by atoms with Gasteiger partial charge in [-0.1, -0.05) is 12.1 Å². The van der Waals surface area contributed by atoms with E-state index in [0.29, 0.717) is 6.42 Å². The predicted molar refractivity (Wildman–Crippen MR) is 84.6 cm³/mol. The van der Waals surface area contributed by atoms with Gasteiger partial charge in [-0.15, -0.1) is 0 Å². The lowest BCUT2D eigenvalue weighted by atomic mass is 10.1. The molecule has 1 saturated heterocycles. The van der Waals surface area contributed by atoms with Crippen LogP contribution >= 0.6 is 0 Å². The molecule has 0 saturated carbocycles. The summed E-state index contributed by atoms with van der Waals surface area (Å²) in [6.07, 6.45) is 2.04. The maximum absolute atomic E-state index is 11.8. The van der Waals surface area contributed by atoms with Crippen LogP contribution in [0.5, 0.6) is 5.75 Å². The second kappa shape index (κ2) is 7.00. The normalized spacial score (nSPS) is 21.2. The fraction of sp³-hybridized carbons (Fsp3) is 0.533.